The minimum absolute atomic E-state index is 0. The van der Waals surface area contributed by atoms with E-state index in [0.717, 1.165) is 24.1 Å². The Morgan fingerprint density at radius 1 is 1.16 bits per heavy atom. The summed E-state index contributed by atoms with van der Waals surface area (Å²) in [6, 6.07) is 11.2. The predicted molar refractivity (Wildman–Crippen MR) is 129 cm³/mol. The van der Waals surface area contributed by atoms with Gasteiger partial charge in [0, 0.05) is 18.3 Å². The molecular weight excluding hydrogens is 404 g/mol. The minimum atomic E-state index is -0.281. The maximum atomic E-state index is 11.8. The SMILES string of the molecule is C.CCCC(Nc1cncc(-c2ccc(NC(=O)NCC)c(OC)c2)n1)c1ccccn1. The second-order valence-corrected chi connectivity index (χ2v) is 6.93. The number of amides is 2. The monoisotopic (exact) mass is 436 g/mol. The number of ether oxygens (including phenoxy) is 1. The van der Waals surface area contributed by atoms with Gasteiger partial charge in [0.1, 0.15) is 11.6 Å². The van der Waals surface area contributed by atoms with E-state index in [1.165, 1.54) is 0 Å². The van der Waals surface area contributed by atoms with E-state index in [2.05, 4.69) is 32.8 Å². The maximum Gasteiger partial charge on any atom is 0.319 e. The van der Waals surface area contributed by atoms with Crippen LogP contribution in [0, 0.1) is 0 Å². The molecule has 2 heterocycles. The van der Waals surface area contributed by atoms with Crippen molar-refractivity contribution in [3.8, 4) is 17.0 Å². The largest absolute Gasteiger partial charge is 0.495 e. The van der Waals surface area contributed by atoms with Crippen LogP contribution in [-0.4, -0.2) is 34.6 Å². The molecule has 1 aromatic carbocycles. The Kier molecular flexibility index (Phi) is 9.41. The lowest BCUT2D eigenvalue weighted by Crippen LogP contribution is -2.28. The van der Waals surface area contributed by atoms with Gasteiger partial charge >= 0.3 is 6.03 Å². The molecule has 0 spiro atoms. The summed E-state index contributed by atoms with van der Waals surface area (Å²) in [7, 11) is 1.56. The van der Waals surface area contributed by atoms with E-state index in [0.29, 0.717) is 29.5 Å². The molecule has 1 unspecified atom stereocenters. The highest BCUT2D eigenvalue weighted by Crippen LogP contribution is 2.30. The smallest absolute Gasteiger partial charge is 0.319 e. The molecule has 1 atom stereocenters. The van der Waals surface area contributed by atoms with Crippen molar-refractivity contribution in [1.82, 2.24) is 20.3 Å². The minimum Gasteiger partial charge on any atom is -0.495 e. The Morgan fingerprint density at radius 3 is 2.69 bits per heavy atom. The van der Waals surface area contributed by atoms with Gasteiger partial charge in [-0.2, -0.15) is 0 Å². The van der Waals surface area contributed by atoms with Crippen molar-refractivity contribution in [2.45, 2.75) is 40.2 Å². The van der Waals surface area contributed by atoms with Crippen LogP contribution in [0.1, 0.15) is 45.9 Å². The fraction of sp³-hybridized carbons (Fsp3) is 0.333. The van der Waals surface area contributed by atoms with E-state index in [1.54, 1.807) is 31.8 Å². The first-order chi connectivity index (χ1) is 15.1. The average Bonchev–Trinajstić information content (AvgIpc) is 2.80. The zero-order valence-electron chi connectivity index (χ0n) is 18.1. The van der Waals surface area contributed by atoms with Crippen molar-refractivity contribution < 1.29 is 9.53 Å². The highest BCUT2D eigenvalue weighted by molar-refractivity contribution is 5.91. The molecule has 0 aliphatic carbocycles. The van der Waals surface area contributed by atoms with Gasteiger partial charge in [0.05, 0.1) is 42.6 Å². The zero-order chi connectivity index (χ0) is 22.1. The third-order valence-electron chi connectivity index (χ3n) is 4.66. The van der Waals surface area contributed by atoms with Crippen LogP contribution in [0.2, 0.25) is 0 Å². The summed E-state index contributed by atoms with van der Waals surface area (Å²) in [5.74, 6) is 1.21. The highest BCUT2D eigenvalue weighted by Gasteiger charge is 2.14. The van der Waals surface area contributed by atoms with E-state index in [4.69, 9.17) is 9.72 Å². The maximum absolute atomic E-state index is 11.8. The quantitative estimate of drug-likeness (QED) is 0.422. The molecule has 0 radical (unpaired) electrons. The number of methoxy groups -OCH3 is 1. The molecule has 3 rings (SSSR count). The van der Waals surface area contributed by atoms with Gasteiger partial charge in [-0.3, -0.25) is 9.97 Å². The number of hydrogen-bond acceptors (Lipinski definition) is 6. The van der Waals surface area contributed by atoms with Crippen molar-refractivity contribution in [2.75, 3.05) is 24.3 Å². The van der Waals surface area contributed by atoms with Crippen LogP contribution in [0.15, 0.2) is 55.0 Å². The molecule has 0 fully saturated rings. The molecule has 8 heteroatoms. The fourth-order valence-electron chi connectivity index (χ4n) is 3.20. The van der Waals surface area contributed by atoms with E-state index < -0.39 is 0 Å². The first-order valence-corrected chi connectivity index (χ1v) is 10.4. The zero-order valence-corrected chi connectivity index (χ0v) is 18.1. The Morgan fingerprint density at radius 2 is 2.00 bits per heavy atom. The normalized spacial score (nSPS) is 11.1. The van der Waals surface area contributed by atoms with E-state index >= 15 is 0 Å². The van der Waals surface area contributed by atoms with Crippen molar-refractivity contribution in [1.29, 1.82) is 0 Å². The van der Waals surface area contributed by atoms with Crippen molar-refractivity contribution in [2.24, 2.45) is 0 Å². The molecule has 170 valence electrons. The van der Waals surface area contributed by atoms with Crippen LogP contribution in [0.25, 0.3) is 11.3 Å². The number of aromatic nitrogens is 3. The molecule has 0 aliphatic rings. The van der Waals surface area contributed by atoms with Crippen molar-refractivity contribution >= 4 is 17.5 Å². The van der Waals surface area contributed by atoms with E-state index in [-0.39, 0.29) is 19.5 Å². The summed E-state index contributed by atoms with van der Waals surface area (Å²) >= 11 is 0. The first kappa shape index (κ1) is 24.6. The number of rotatable bonds is 9. The van der Waals surface area contributed by atoms with Crippen molar-refractivity contribution in [3.63, 3.8) is 0 Å². The van der Waals surface area contributed by atoms with Crippen LogP contribution in [0.5, 0.6) is 5.75 Å². The summed E-state index contributed by atoms with van der Waals surface area (Å²) in [6.45, 7) is 4.54. The predicted octanol–water partition coefficient (Wildman–Crippen LogP) is 5.28. The Bertz CT molecular complexity index is 997. The van der Waals surface area contributed by atoms with Gasteiger partial charge < -0.3 is 20.7 Å². The molecule has 0 bridgehead atoms. The standard InChI is InChI=1S/C23H28N6O2.CH4/c1-4-8-18(17-9-6-7-12-26-17)27-22-15-24-14-20(28-22)16-10-11-19(21(13-16)31-3)29-23(30)25-5-2;/h6-7,9-15,18H,4-5,8H2,1-3H3,(H,27,28)(H2,25,29,30);1H4. The molecule has 8 nitrogen and oxygen atoms in total. The topological polar surface area (TPSA) is 101 Å². The van der Waals surface area contributed by atoms with Crippen LogP contribution in [0.4, 0.5) is 16.3 Å². The van der Waals surface area contributed by atoms with Crippen LogP contribution < -0.4 is 20.7 Å². The number of carbonyl (C=O) groups excluding carboxylic acids is 1. The molecule has 2 aromatic heterocycles. The molecule has 3 aromatic rings. The lowest BCUT2D eigenvalue weighted by molar-refractivity contribution is 0.252. The number of pyridine rings is 1. The Labute approximate surface area is 189 Å². The van der Waals surface area contributed by atoms with Gasteiger partial charge in [-0.15, -0.1) is 0 Å². The number of anilines is 2. The Balaban J connectivity index is 0.00000363. The van der Waals surface area contributed by atoms with Gasteiger partial charge in [0.2, 0.25) is 0 Å². The number of hydrogen-bond donors (Lipinski definition) is 3. The molecule has 3 N–H and O–H groups in total. The molecule has 32 heavy (non-hydrogen) atoms. The third kappa shape index (κ3) is 6.41. The number of nitrogens with zero attached hydrogens (tertiary/aromatic N) is 3. The van der Waals surface area contributed by atoms with Gasteiger partial charge in [-0.25, -0.2) is 9.78 Å². The lowest BCUT2D eigenvalue weighted by Gasteiger charge is -2.18. The van der Waals surface area contributed by atoms with Crippen molar-refractivity contribution in [3.05, 3.63) is 60.7 Å². The second kappa shape index (κ2) is 12.2. The van der Waals surface area contributed by atoms with Gasteiger partial charge in [0.15, 0.2) is 0 Å². The van der Waals surface area contributed by atoms with Crippen LogP contribution in [-0.2, 0) is 0 Å². The van der Waals surface area contributed by atoms with E-state index in [9.17, 15) is 4.79 Å². The van der Waals surface area contributed by atoms with Crippen LogP contribution >= 0.6 is 0 Å². The summed E-state index contributed by atoms with van der Waals surface area (Å²) < 4.78 is 5.46. The number of nitrogens with one attached hydrogen (secondary N) is 3. The first-order valence-electron chi connectivity index (χ1n) is 10.4. The second-order valence-electron chi connectivity index (χ2n) is 6.93. The molecule has 0 saturated heterocycles. The molecule has 0 saturated carbocycles. The summed E-state index contributed by atoms with van der Waals surface area (Å²) in [4.78, 5) is 25.4. The molecule has 0 aliphatic heterocycles. The van der Waals surface area contributed by atoms with Gasteiger partial charge in [-0.1, -0.05) is 32.9 Å². The summed E-state index contributed by atoms with van der Waals surface area (Å²) in [5.41, 5.74) is 3.08. The van der Waals surface area contributed by atoms with E-state index in [1.807, 2.05) is 37.3 Å². The number of carbonyl (C=O) groups is 1. The lowest BCUT2D eigenvalue weighted by atomic mass is 10.1. The van der Waals surface area contributed by atoms with Gasteiger partial charge in [-0.05, 0) is 37.6 Å². The average molecular weight is 437 g/mol. The fourth-order valence-corrected chi connectivity index (χ4v) is 3.20. The number of benzene rings is 1. The third-order valence-corrected chi connectivity index (χ3v) is 4.66. The summed E-state index contributed by atoms with van der Waals surface area (Å²) in [6.07, 6.45) is 7.14. The summed E-state index contributed by atoms with van der Waals surface area (Å²) in [5, 5.41) is 8.93. The van der Waals surface area contributed by atoms with Crippen LogP contribution in [0.3, 0.4) is 0 Å². The van der Waals surface area contributed by atoms with Gasteiger partial charge in [0.25, 0.3) is 0 Å². The number of urea groups is 1. The Hall–Kier alpha value is -3.68. The molecule has 2 amide bonds. The molecular formula is C24H32N6O2. The highest BCUT2D eigenvalue weighted by atomic mass is 16.5.